The zero-order chi connectivity index (χ0) is 14.8. The Morgan fingerprint density at radius 3 is 2.90 bits per heavy atom. The largest absolute Gasteiger partial charge is 0.376 e. The molecule has 0 aliphatic rings. The van der Waals surface area contributed by atoms with Crippen molar-refractivity contribution in [2.45, 2.75) is 6.54 Å². The minimum atomic E-state index is -0.359. The van der Waals surface area contributed by atoms with E-state index in [1.807, 2.05) is 6.07 Å². The highest BCUT2D eigenvalue weighted by atomic mass is 79.9. The van der Waals surface area contributed by atoms with Crippen molar-refractivity contribution in [1.29, 1.82) is 0 Å². The summed E-state index contributed by atoms with van der Waals surface area (Å²) in [4.78, 5) is 16.3. The molecule has 0 fully saturated rings. The van der Waals surface area contributed by atoms with E-state index in [-0.39, 0.29) is 17.9 Å². The third kappa shape index (κ3) is 2.80. The van der Waals surface area contributed by atoms with Crippen LogP contribution in [0.3, 0.4) is 0 Å². The van der Waals surface area contributed by atoms with Crippen molar-refractivity contribution < 1.29 is 4.39 Å². The molecule has 3 rings (SSSR count). The average Bonchev–Trinajstić information content (AvgIpc) is 2.47. The third-order valence-electron chi connectivity index (χ3n) is 3.03. The molecule has 0 spiro atoms. The Labute approximate surface area is 128 Å². The smallest absolute Gasteiger partial charge is 0.258 e. The fraction of sp³-hybridized carbons (Fsp3) is 0.0667. The van der Waals surface area contributed by atoms with E-state index in [2.05, 4.69) is 26.2 Å². The lowest BCUT2D eigenvalue weighted by molar-refractivity contribution is 0.629. The molecule has 2 heterocycles. The molecule has 0 saturated carbocycles. The Morgan fingerprint density at radius 2 is 2.10 bits per heavy atom. The maximum absolute atomic E-state index is 13.7. The summed E-state index contributed by atoms with van der Waals surface area (Å²) in [5, 5.41) is 2.96. The normalized spacial score (nSPS) is 10.8. The Kier molecular flexibility index (Phi) is 3.70. The first-order valence-electron chi connectivity index (χ1n) is 6.30. The third-order valence-corrected chi connectivity index (χ3v) is 3.69. The molecule has 1 N–H and O–H groups in total. The fourth-order valence-corrected chi connectivity index (χ4v) is 2.52. The van der Waals surface area contributed by atoms with Crippen LogP contribution in [0, 0.1) is 5.82 Å². The summed E-state index contributed by atoms with van der Waals surface area (Å²) >= 11 is 3.29. The quantitative estimate of drug-likeness (QED) is 0.791. The van der Waals surface area contributed by atoms with Gasteiger partial charge in [-0.05, 0) is 40.2 Å². The van der Waals surface area contributed by atoms with E-state index in [0.29, 0.717) is 21.5 Å². The van der Waals surface area contributed by atoms with Gasteiger partial charge in [0.25, 0.3) is 5.56 Å². The maximum atomic E-state index is 13.7. The summed E-state index contributed by atoms with van der Waals surface area (Å²) < 4.78 is 15.8. The second-order valence-electron chi connectivity index (χ2n) is 4.46. The van der Waals surface area contributed by atoms with Gasteiger partial charge in [0.15, 0.2) is 0 Å². The van der Waals surface area contributed by atoms with Crippen LogP contribution in [0.4, 0.5) is 10.1 Å². The molecule has 1 aromatic carbocycles. The summed E-state index contributed by atoms with van der Waals surface area (Å²) in [6.07, 6.45) is 1.66. The van der Waals surface area contributed by atoms with Crippen LogP contribution >= 0.6 is 15.9 Å². The first kappa shape index (κ1) is 13.8. The summed E-state index contributed by atoms with van der Waals surface area (Å²) in [6, 6.07) is 11.5. The number of rotatable bonds is 3. The number of benzene rings is 1. The molecule has 0 aliphatic carbocycles. The Bertz CT molecular complexity index is 843. The second-order valence-corrected chi connectivity index (χ2v) is 5.32. The number of nitrogens with zero attached hydrogens (tertiary/aromatic N) is 2. The van der Waals surface area contributed by atoms with Gasteiger partial charge in [-0.25, -0.2) is 9.37 Å². The molecule has 2 aromatic heterocycles. The van der Waals surface area contributed by atoms with Gasteiger partial charge in [-0.3, -0.25) is 9.20 Å². The molecule has 0 amide bonds. The van der Waals surface area contributed by atoms with Gasteiger partial charge in [-0.2, -0.15) is 0 Å². The predicted octanol–water partition coefficient (Wildman–Crippen LogP) is 3.21. The molecule has 6 heteroatoms. The van der Waals surface area contributed by atoms with Crippen molar-refractivity contribution in [3.05, 3.63) is 75.0 Å². The van der Waals surface area contributed by atoms with E-state index in [1.54, 1.807) is 30.5 Å². The molecule has 3 aromatic rings. The first-order chi connectivity index (χ1) is 10.1. The van der Waals surface area contributed by atoms with Gasteiger partial charge in [0, 0.05) is 16.7 Å². The standard InChI is InChI=1S/C15H11BrFN3O/c16-11-4-3-5-12(17)15(11)18-9-10-8-14(21)20-7-2-1-6-13(20)19-10/h1-8,18H,9H2. The van der Waals surface area contributed by atoms with Crippen molar-refractivity contribution in [1.82, 2.24) is 9.38 Å². The number of hydrogen-bond donors (Lipinski definition) is 1. The summed E-state index contributed by atoms with van der Waals surface area (Å²) in [6.45, 7) is 0.264. The maximum Gasteiger partial charge on any atom is 0.258 e. The van der Waals surface area contributed by atoms with E-state index in [9.17, 15) is 9.18 Å². The highest BCUT2D eigenvalue weighted by Gasteiger charge is 2.07. The fourth-order valence-electron chi connectivity index (χ4n) is 2.04. The zero-order valence-electron chi connectivity index (χ0n) is 10.9. The van der Waals surface area contributed by atoms with Gasteiger partial charge in [-0.15, -0.1) is 0 Å². The van der Waals surface area contributed by atoms with Crippen LogP contribution in [0.15, 0.2) is 57.9 Å². The van der Waals surface area contributed by atoms with Crippen molar-refractivity contribution in [2.24, 2.45) is 0 Å². The molecule has 0 saturated heterocycles. The Morgan fingerprint density at radius 1 is 1.24 bits per heavy atom. The van der Waals surface area contributed by atoms with E-state index in [0.717, 1.165) is 0 Å². The molecule has 0 unspecified atom stereocenters. The van der Waals surface area contributed by atoms with Crippen LogP contribution < -0.4 is 10.9 Å². The number of anilines is 1. The topological polar surface area (TPSA) is 46.4 Å². The highest BCUT2D eigenvalue weighted by molar-refractivity contribution is 9.10. The molecule has 21 heavy (non-hydrogen) atoms. The molecule has 0 atom stereocenters. The number of hydrogen-bond acceptors (Lipinski definition) is 3. The zero-order valence-corrected chi connectivity index (χ0v) is 12.5. The molecule has 0 aliphatic heterocycles. The Hall–Kier alpha value is -2.21. The van der Waals surface area contributed by atoms with Gasteiger partial charge in [0.2, 0.25) is 0 Å². The van der Waals surface area contributed by atoms with Gasteiger partial charge in [-0.1, -0.05) is 12.1 Å². The number of halogens is 2. The SMILES string of the molecule is O=c1cc(CNc2c(F)cccc2Br)nc2ccccn12. The van der Waals surface area contributed by atoms with Gasteiger partial charge in [0.05, 0.1) is 17.9 Å². The summed E-state index contributed by atoms with van der Waals surface area (Å²) in [5.74, 6) is -0.359. The second kappa shape index (κ2) is 5.65. The van der Waals surface area contributed by atoms with E-state index < -0.39 is 0 Å². The van der Waals surface area contributed by atoms with E-state index in [1.165, 1.54) is 16.5 Å². The molecule has 106 valence electrons. The van der Waals surface area contributed by atoms with Crippen LogP contribution in [-0.2, 0) is 6.54 Å². The van der Waals surface area contributed by atoms with Crippen molar-refractivity contribution >= 4 is 27.3 Å². The van der Waals surface area contributed by atoms with Gasteiger partial charge >= 0.3 is 0 Å². The lowest BCUT2D eigenvalue weighted by Crippen LogP contribution is -2.16. The van der Waals surface area contributed by atoms with Crippen LogP contribution in [0.1, 0.15) is 5.69 Å². The van der Waals surface area contributed by atoms with Crippen LogP contribution in [0.2, 0.25) is 0 Å². The number of para-hydroxylation sites is 1. The van der Waals surface area contributed by atoms with Crippen molar-refractivity contribution in [2.75, 3.05) is 5.32 Å². The highest BCUT2D eigenvalue weighted by Crippen LogP contribution is 2.25. The minimum absolute atomic E-state index is 0.162. The lowest BCUT2D eigenvalue weighted by atomic mass is 10.3. The van der Waals surface area contributed by atoms with Crippen LogP contribution in [0.25, 0.3) is 5.65 Å². The average molecular weight is 348 g/mol. The Balaban J connectivity index is 1.91. The molecular weight excluding hydrogens is 337 g/mol. The predicted molar refractivity (Wildman–Crippen MR) is 82.9 cm³/mol. The number of nitrogens with one attached hydrogen (secondary N) is 1. The summed E-state index contributed by atoms with van der Waals surface area (Å²) in [5.41, 5.74) is 1.31. The minimum Gasteiger partial charge on any atom is -0.376 e. The van der Waals surface area contributed by atoms with E-state index >= 15 is 0 Å². The number of aromatic nitrogens is 2. The van der Waals surface area contributed by atoms with Gasteiger partial charge in [0.1, 0.15) is 11.5 Å². The lowest BCUT2D eigenvalue weighted by Gasteiger charge is -2.09. The number of fused-ring (bicyclic) bond motifs is 1. The van der Waals surface area contributed by atoms with Gasteiger partial charge < -0.3 is 5.32 Å². The van der Waals surface area contributed by atoms with Crippen LogP contribution in [-0.4, -0.2) is 9.38 Å². The molecular formula is C15H11BrFN3O. The van der Waals surface area contributed by atoms with Crippen molar-refractivity contribution in [3.8, 4) is 0 Å². The van der Waals surface area contributed by atoms with Crippen LogP contribution in [0.5, 0.6) is 0 Å². The summed E-state index contributed by atoms with van der Waals surface area (Å²) in [7, 11) is 0. The van der Waals surface area contributed by atoms with Crippen molar-refractivity contribution in [3.63, 3.8) is 0 Å². The molecule has 0 radical (unpaired) electrons. The molecule has 4 nitrogen and oxygen atoms in total. The monoisotopic (exact) mass is 347 g/mol. The number of pyridine rings is 1. The van der Waals surface area contributed by atoms with E-state index in [4.69, 9.17) is 0 Å². The molecule has 0 bridgehead atoms. The first-order valence-corrected chi connectivity index (χ1v) is 7.09.